The van der Waals surface area contributed by atoms with Crippen LogP contribution in [0.2, 0.25) is 0 Å². The molecule has 0 spiro atoms. The Morgan fingerprint density at radius 3 is 2.43 bits per heavy atom. The Balaban J connectivity index is 1.63. The van der Waals surface area contributed by atoms with Gasteiger partial charge in [0.2, 0.25) is 0 Å². The first-order valence-corrected chi connectivity index (χ1v) is 8.64. The second-order valence-electron chi connectivity index (χ2n) is 6.94. The van der Waals surface area contributed by atoms with Crippen LogP contribution in [0.15, 0.2) is 66.7 Å². The molecule has 0 aliphatic heterocycles. The zero-order valence-electron chi connectivity index (χ0n) is 13.8. The summed E-state index contributed by atoms with van der Waals surface area (Å²) in [6.45, 7) is 4.22. The zero-order valence-corrected chi connectivity index (χ0v) is 13.8. The van der Waals surface area contributed by atoms with Crippen molar-refractivity contribution in [2.45, 2.75) is 50.5 Å². The summed E-state index contributed by atoms with van der Waals surface area (Å²) in [6, 6.07) is 19.1. The average molecular weight is 306 g/mol. The van der Waals surface area contributed by atoms with Gasteiger partial charge in [0.15, 0.2) is 0 Å². The lowest BCUT2D eigenvalue weighted by atomic mass is 9.79. The quantitative estimate of drug-likeness (QED) is 0.799. The van der Waals surface area contributed by atoms with Crippen LogP contribution in [0, 0.1) is 0 Å². The van der Waals surface area contributed by atoms with Crippen LogP contribution >= 0.6 is 0 Å². The van der Waals surface area contributed by atoms with Crippen molar-refractivity contribution in [2.75, 3.05) is 0 Å². The van der Waals surface area contributed by atoms with Crippen molar-refractivity contribution < 1.29 is 5.11 Å². The maximum absolute atomic E-state index is 11.1. The molecule has 1 aliphatic carbocycles. The Kier molecular flexibility index (Phi) is 4.97. The van der Waals surface area contributed by atoms with Gasteiger partial charge in [-0.15, -0.1) is 0 Å². The van der Waals surface area contributed by atoms with Crippen LogP contribution in [0.3, 0.4) is 0 Å². The highest BCUT2D eigenvalue weighted by Gasteiger charge is 2.29. The highest BCUT2D eigenvalue weighted by molar-refractivity contribution is 5.32. The molecule has 1 N–H and O–H groups in total. The standard InChI is InChI=1S/C22H26O/c1-18-16-21-12-6-5-11-20(21)13-15-22(23,17-18)14-7-10-19-8-3-2-4-9-19/h2-6,8-9,11-12,23H,1,7,10,13-17H2. The molecule has 3 rings (SSSR count). The summed E-state index contributed by atoms with van der Waals surface area (Å²) in [7, 11) is 0. The minimum absolute atomic E-state index is 0.598. The Bertz CT molecular complexity index is 659. The highest BCUT2D eigenvalue weighted by atomic mass is 16.3. The van der Waals surface area contributed by atoms with Crippen molar-refractivity contribution >= 4 is 0 Å². The summed E-state index contributed by atoms with van der Waals surface area (Å²) in [5.74, 6) is 0. The lowest BCUT2D eigenvalue weighted by Gasteiger charge is -2.32. The molecular formula is C22H26O. The van der Waals surface area contributed by atoms with Crippen molar-refractivity contribution in [3.05, 3.63) is 83.4 Å². The molecule has 0 aromatic heterocycles. The van der Waals surface area contributed by atoms with Crippen LogP contribution in [0.4, 0.5) is 0 Å². The molecule has 0 fully saturated rings. The predicted molar refractivity (Wildman–Crippen MR) is 96.6 cm³/mol. The van der Waals surface area contributed by atoms with E-state index in [1.54, 1.807) is 0 Å². The van der Waals surface area contributed by atoms with E-state index < -0.39 is 5.60 Å². The molecule has 1 atom stereocenters. The summed E-state index contributed by atoms with van der Waals surface area (Å²) in [5, 5.41) is 11.1. The van der Waals surface area contributed by atoms with Crippen LogP contribution in [0.1, 0.15) is 42.4 Å². The van der Waals surface area contributed by atoms with Gasteiger partial charge in [-0.1, -0.05) is 66.7 Å². The molecular weight excluding hydrogens is 280 g/mol. The summed E-state index contributed by atoms with van der Waals surface area (Å²) in [4.78, 5) is 0. The molecule has 0 heterocycles. The lowest BCUT2D eigenvalue weighted by molar-refractivity contribution is 0.0203. The monoisotopic (exact) mass is 306 g/mol. The van der Waals surface area contributed by atoms with Crippen LogP contribution in [-0.4, -0.2) is 10.7 Å². The third-order valence-corrected chi connectivity index (χ3v) is 4.95. The van der Waals surface area contributed by atoms with Crippen LogP contribution in [0.5, 0.6) is 0 Å². The van der Waals surface area contributed by atoms with Gasteiger partial charge >= 0.3 is 0 Å². The fraction of sp³-hybridized carbons (Fsp3) is 0.364. The number of aliphatic hydroxyl groups is 1. The van der Waals surface area contributed by atoms with E-state index in [1.165, 1.54) is 16.7 Å². The first-order chi connectivity index (χ1) is 11.1. The van der Waals surface area contributed by atoms with E-state index in [0.717, 1.165) is 50.5 Å². The minimum Gasteiger partial charge on any atom is -0.390 e. The molecule has 23 heavy (non-hydrogen) atoms. The van der Waals surface area contributed by atoms with Gasteiger partial charge in [0.25, 0.3) is 0 Å². The number of hydrogen-bond acceptors (Lipinski definition) is 1. The Hall–Kier alpha value is -1.86. The van der Waals surface area contributed by atoms with Crippen LogP contribution < -0.4 is 0 Å². The molecule has 120 valence electrons. The predicted octanol–water partition coefficient (Wildman–Crippen LogP) is 4.88. The van der Waals surface area contributed by atoms with Crippen molar-refractivity contribution in [3.63, 3.8) is 0 Å². The SMILES string of the molecule is C=C1Cc2ccccc2CCC(O)(CCCc2ccccc2)C1. The van der Waals surface area contributed by atoms with Gasteiger partial charge in [-0.2, -0.15) is 0 Å². The average Bonchev–Trinajstić information content (AvgIpc) is 2.54. The first-order valence-electron chi connectivity index (χ1n) is 8.64. The summed E-state index contributed by atoms with van der Waals surface area (Å²) >= 11 is 0. The molecule has 1 nitrogen and oxygen atoms in total. The lowest BCUT2D eigenvalue weighted by Crippen LogP contribution is -2.31. The van der Waals surface area contributed by atoms with Gasteiger partial charge in [-0.25, -0.2) is 0 Å². The number of fused-ring (bicyclic) bond motifs is 1. The molecule has 1 aliphatic rings. The molecule has 0 saturated heterocycles. The van der Waals surface area contributed by atoms with E-state index >= 15 is 0 Å². The second kappa shape index (κ2) is 7.14. The van der Waals surface area contributed by atoms with Crippen molar-refractivity contribution in [3.8, 4) is 0 Å². The molecule has 0 saturated carbocycles. The summed E-state index contributed by atoms with van der Waals surface area (Å²) < 4.78 is 0. The van der Waals surface area contributed by atoms with Gasteiger partial charge in [0.1, 0.15) is 0 Å². The molecule has 0 amide bonds. The van der Waals surface area contributed by atoms with E-state index in [-0.39, 0.29) is 0 Å². The zero-order chi connectivity index (χ0) is 16.1. The molecule has 1 heteroatoms. The molecule has 0 radical (unpaired) electrons. The Morgan fingerprint density at radius 1 is 0.957 bits per heavy atom. The highest BCUT2D eigenvalue weighted by Crippen LogP contribution is 2.32. The van der Waals surface area contributed by atoms with E-state index in [0.29, 0.717) is 0 Å². The first kappa shape index (κ1) is 16.0. The van der Waals surface area contributed by atoms with Crippen LogP contribution in [0.25, 0.3) is 0 Å². The van der Waals surface area contributed by atoms with E-state index in [4.69, 9.17) is 0 Å². The molecule has 2 aromatic carbocycles. The van der Waals surface area contributed by atoms with Gasteiger partial charge in [-0.3, -0.25) is 0 Å². The number of rotatable bonds is 4. The van der Waals surface area contributed by atoms with E-state index in [2.05, 4.69) is 55.1 Å². The largest absolute Gasteiger partial charge is 0.390 e. The maximum Gasteiger partial charge on any atom is 0.0688 e. The third-order valence-electron chi connectivity index (χ3n) is 4.95. The number of benzene rings is 2. The topological polar surface area (TPSA) is 20.2 Å². The molecule has 1 unspecified atom stereocenters. The van der Waals surface area contributed by atoms with Crippen molar-refractivity contribution in [1.82, 2.24) is 0 Å². The molecule has 2 aromatic rings. The fourth-order valence-corrected chi connectivity index (χ4v) is 3.71. The van der Waals surface area contributed by atoms with Crippen molar-refractivity contribution in [1.29, 1.82) is 0 Å². The van der Waals surface area contributed by atoms with Gasteiger partial charge in [0.05, 0.1) is 5.60 Å². The number of aryl methyl sites for hydroxylation is 2. The fourth-order valence-electron chi connectivity index (χ4n) is 3.71. The Labute approximate surface area is 139 Å². The Morgan fingerprint density at radius 2 is 1.65 bits per heavy atom. The normalized spacial score (nSPS) is 21.3. The van der Waals surface area contributed by atoms with Gasteiger partial charge in [0, 0.05) is 0 Å². The van der Waals surface area contributed by atoms with Crippen LogP contribution in [-0.2, 0) is 19.3 Å². The number of hydrogen-bond donors (Lipinski definition) is 1. The summed E-state index contributed by atoms with van der Waals surface area (Å²) in [5.41, 5.74) is 4.66. The third kappa shape index (κ3) is 4.33. The van der Waals surface area contributed by atoms with E-state index in [9.17, 15) is 5.11 Å². The molecule has 0 bridgehead atoms. The van der Waals surface area contributed by atoms with Gasteiger partial charge in [-0.05, 0) is 61.6 Å². The van der Waals surface area contributed by atoms with Gasteiger partial charge < -0.3 is 5.11 Å². The van der Waals surface area contributed by atoms with E-state index in [1.807, 2.05) is 6.07 Å². The minimum atomic E-state index is -0.598. The second-order valence-corrected chi connectivity index (χ2v) is 6.94. The van der Waals surface area contributed by atoms with Crippen molar-refractivity contribution in [2.24, 2.45) is 0 Å². The maximum atomic E-state index is 11.1. The summed E-state index contributed by atoms with van der Waals surface area (Å²) in [6.07, 6.45) is 6.33. The smallest absolute Gasteiger partial charge is 0.0688 e.